The highest BCUT2D eigenvalue weighted by Crippen LogP contribution is 2.13. The van der Waals surface area contributed by atoms with Gasteiger partial charge in [-0.05, 0) is 24.6 Å². The maximum absolute atomic E-state index is 11.9. The number of amidine groups is 1. The molecule has 0 aliphatic heterocycles. The van der Waals surface area contributed by atoms with Gasteiger partial charge in [-0.15, -0.1) is 0 Å². The Morgan fingerprint density at radius 1 is 1.17 bits per heavy atom. The van der Waals surface area contributed by atoms with E-state index in [4.69, 9.17) is 20.6 Å². The van der Waals surface area contributed by atoms with Crippen LogP contribution in [0, 0.1) is 12.3 Å². The SMILES string of the molecule is COC(=O)C(NCc1ccc(C(=N)N)cc1)Oc1ccc(C)cc1. The normalized spacial score (nSPS) is 11.6. The first-order valence-corrected chi connectivity index (χ1v) is 7.47. The van der Waals surface area contributed by atoms with Crippen molar-refractivity contribution in [3.63, 3.8) is 0 Å². The number of aryl methyl sites for hydroxylation is 1. The molecule has 0 spiro atoms. The fourth-order valence-corrected chi connectivity index (χ4v) is 2.05. The fourth-order valence-electron chi connectivity index (χ4n) is 2.05. The Morgan fingerprint density at radius 2 is 1.79 bits per heavy atom. The molecule has 0 aliphatic rings. The lowest BCUT2D eigenvalue weighted by Crippen LogP contribution is -2.42. The number of esters is 1. The highest BCUT2D eigenvalue weighted by atomic mass is 16.6. The van der Waals surface area contributed by atoms with Crippen LogP contribution in [0.3, 0.4) is 0 Å². The molecule has 0 fully saturated rings. The largest absolute Gasteiger partial charge is 0.465 e. The summed E-state index contributed by atoms with van der Waals surface area (Å²) in [6.45, 7) is 2.38. The molecule has 2 aromatic rings. The third-order valence-electron chi connectivity index (χ3n) is 3.45. The number of methoxy groups -OCH3 is 1. The Labute approximate surface area is 141 Å². The van der Waals surface area contributed by atoms with Crippen LogP contribution < -0.4 is 15.8 Å². The summed E-state index contributed by atoms with van der Waals surface area (Å²) in [7, 11) is 1.32. The van der Waals surface area contributed by atoms with Crippen LogP contribution in [0.1, 0.15) is 16.7 Å². The van der Waals surface area contributed by atoms with Gasteiger partial charge in [0.05, 0.1) is 7.11 Å². The molecule has 4 N–H and O–H groups in total. The second-order valence-corrected chi connectivity index (χ2v) is 5.33. The summed E-state index contributed by atoms with van der Waals surface area (Å²) in [6, 6.07) is 14.6. The molecule has 1 unspecified atom stereocenters. The maximum atomic E-state index is 11.9. The lowest BCUT2D eigenvalue weighted by atomic mass is 10.1. The summed E-state index contributed by atoms with van der Waals surface area (Å²) in [5.41, 5.74) is 8.12. The zero-order valence-electron chi connectivity index (χ0n) is 13.7. The van der Waals surface area contributed by atoms with Crippen molar-refractivity contribution in [2.45, 2.75) is 19.7 Å². The highest BCUT2D eigenvalue weighted by Gasteiger charge is 2.20. The van der Waals surface area contributed by atoms with Gasteiger partial charge in [0.1, 0.15) is 11.6 Å². The van der Waals surface area contributed by atoms with Crippen molar-refractivity contribution in [1.82, 2.24) is 5.32 Å². The second kappa shape index (κ2) is 8.12. The molecular formula is C18H21N3O3. The average molecular weight is 327 g/mol. The molecule has 0 radical (unpaired) electrons. The second-order valence-electron chi connectivity index (χ2n) is 5.33. The third kappa shape index (κ3) is 4.82. The molecule has 0 amide bonds. The van der Waals surface area contributed by atoms with E-state index in [0.717, 1.165) is 11.1 Å². The van der Waals surface area contributed by atoms with Crippen molar-refractivity contribution in [1.29, 1.82) is 5.41 Å². The zero-order chi connectivity index (χ0) is 17.5. The van der Waals surface area contributed by atoms with Crippen molar-refractivity contribution >= 4 is 11.8 Å². The Hall–Kier alpha value is -2.86. The monoisotopic (exact) mass is 327 g/mol. The van der Waals surface area contributed by atoms with Gasteiger partial charge >= 0.3 is 5.97 Å². The van der Waals surface area contributed by atoms with Gasteiger partial charge in [0.15, 0.2) is 0 Å². The van der Waals surface area contributed by atoms with Gasteiger partial charge in [-0.2, -0.15) is 0 Å². The van der Waals surface area contributed by atoms with Crippen LogP contribution in [0.5, 0.6) is 5.75 Å². The molecule has 6 nitrogen and oxygen atoms in total. The minimum absolute atomic E-state index is 0.0182. The quantitative estimate of drug-likeness (QED) is 0.312. The molecule has 2 rings (SSSR count). The van der Waals surface area contributed by atoms with Crippen molar-refractivity contribution < 1.29 is 14.3 Å². The molecule has 0 saturated heterocycles. The van der Waals surface area contributed by atoms with E-state index in [1.54, 1.807) is 24.3 Å². The summed E-state index contributed by atoms with van der Waals surface area (Å²) < 4.78 is 10.4. The molecule has 0 aliphatic carbocycles. The topological polar surface area (TPSA) is 97.4 Å². The number of ether oxygens (including phenoxy) is 2. The molecular weight excluding hydrogens is 306 g/mol. The van der Waals surface area contributed by atoms with E-state index in [1.165, 1.54) is 7.11 Å². The predicted octanol–water partition coefficient (Wildman–Crippen LogP) is 1.95. The summed E-state index contributed by atoms with van der Waals surface area (Å²) in [6.07, 6.45) is -0.912. The molecule has 6 heteroatoms. The number of rotatable bonds is 7. The van der Waals surface area contributed by atoms with Crippen molar-refractivity contribution in [2.75, 3.05) is 7.11 Å². The van der Waals surface area contributed by atoms with Crippen molar-refractivity contribution in [2.24, 2.45) is 5.73 Å². The van der Waals surface area contributed by atoms with Crippen LogP contribution >= 0.6 is 0 Å². The van der Waals surface area contributed by atoms with Gasteiger partial charge < -0.3 is 15.2 Å². The number of nitrogens with two attached hydrogens (primary N) is 1. The molecule has 126 valence electrons. The Bertz CT molecular complexity index is 696. The lowest BCUT2D eigenvalue weighted by molar-refractivity contribution is -0.150. The number of nitrogen functional groups attached to an aromatic ring is 1. The molecule has 24 heavy (non-hydrogen) atoms. The first-order chi connectivity index (χ1) is 11.5. The summed E-state index contributed by atoms with van der Waals surface area (Å²) in [5.74, 6) is 0.0935. The first kappa shape index (κ1) is 17.5. The highest BCUT2D eigenvalue weighted by molar-refractivity contribution is 5.94. The maximum Gasteiger partial charge on any atom is 0.362 e. The van der Waals surface area contributed by atoms with Crippen molar-refractivity contribution in [3.8, 4) is 5.75 Å². The molecule has 0 heterocycles. The van der Waals surface area contributed by atoms with E-state index >= 15 is 0 Å². The number of nitrogens with one attached hydrogen (secondary N) is 2. The van der Waals surface area contributed by atoms with Crippen LogP contribution in [0.4, 0.5) is 0 Å². The van der Waals surface area contributed by atoms with E-state index in [0.29, 0.717) is 17.9 Å². The van der Waals surface area contributed by atoms with Gasteiger partial charge in [-0.1, -0.05) is 42.0 Å². The molecule has 0 saturated carbocycles. The van der Waals surface area contributed by atoms with Gasteiger partial charge in [0.2, 0.25) is 6.23 Å². The van der Waals surface area contributed by atoms with Crippen molar-refractivity contribution in [3.05, 3.63) is 65.2 Å². The number of hydrogen-bond donors (Lipinski definition) is 3. The molecule has 2 aromatic carbocycles. The van der Waals surface area contributed by atoms with E-state index in [9.17, 15) is 4.79 Å². The van der Waals surface area contributed by atoms with Gasteiger partial charge in [0, 0.05) is 12.1 Å². The average Bonchev–Trinajstić information content (AvgIpc) is 2.60. The predicted molar refractivity (Wildman–Crippen MR) is 91.9 cm³/mol. The van der Waals surface area contributed by atoms with Crippen LogP contribution in [0.15, 0.2) is 48.5 Å². The summed E-state index contributed by atoms with van der Waals surface area (Å²) in [5, 5.41) is 10.4. The smallest absolute Gasteiger partial charge is 0.362 e. The fraction of sp³-hybridized carbons (Fsp3) is 0.222. The van der Waals surface area contributed by atoms with E-state index in [2.05, 4.69) is 5.32 Å². The van der Waals surface area contributed by atoms with Crippen LogP contribution in [0.2, 0.25) is 0 Å². The third-order valence-corrected chi connectivity index (χ3v) is 3.45. The Kier molecular flexibility index (Phi) is 5.92. The van der Waals surface area contributed by atoms with Gasteiger partial charge in [-0.3, -0.25) is 10.7 Å². The minimum Gasteiger partial charge on any atom is -0.465 e. The first-order valence-electron chi connectivity index (χ1n) is 7.47. The van der Waals surface area contributed by atoms with E-state index in [1.807, 2.05) is 31.2 Å². The number of hydrogen-bond acceptors (Lipinski definition) is 5. The zero-order valence-corrected chi connectivity index (χ0v) is 13.7. The summed E-state index contributed by atoms with van der Waals surface area (Å²) in [4.78, 5) is 11.9. The number of carbonyl (C=O) groups is 1. The van der Waals surface area contributed by atoms with Crippen LogP contribution in [0.25, 0.3) is 0 Å². The minimum atomic E-state index is -0.912. The number of carbonyl (C=O) groups excluding carboxylic acids is 1. The Morgan fingerprint density at radius 3 is 2.33 bits per heavy atom. The van der Waals surface area contributed by atoms with Crippen LogP contribution in [-0.2, 0) is 16.1 Å². The van der Waals surface area contributed by atoms with Gasteiger partial charge in [-0.25, -0.2) is 4.79 Å². The van der Waals surface area contributed by atoms with Gasteiger partial charge in [0.25, 0.3) is 0 Å². The number of benzene rings is 2. The molecule has 1 atom stereocenters. The molecule has 0 aromatic heterocycles. The van der Waals surface area contributed by atoms with E-state index < -0.39 is 12.2 Å². The lowest BCUT2D eigenvalue weighted by Gasteiger charge is -2.18. The van der Waals surface area contributed by atoms with Crippen LogP contribution in [-0.4, -0.2) is 25.1 Å². The molecule has 0 bridgehead atoms. The standard InChI is InChI=1S/C18H21N3O3/c1-12-3-9-15(10-4-12)24-17(18(22)23-2)21-11-13-5-7-14(8-6-13)16(19)20/h3-10,17,21H,11H2,1-2H3,(H3,19,20). The Balaban J connectivity index is 2.01. The van der Waals surface area contributed by atoms with E-state index in [-0.39, 0.29) is 5.84 Å². The summed E-state index contributed by atoms with van der Waals surface area (Å²) >= 11 is 0.